The van der Waals surface area contributed by atoms with E-state index in [-0.39, 0.29) is 12.9 Å². The summed E-state index contributed by atoms with van der Waals surface area (Å²) in [6, 6.07) is 0. The first-order valence-electron chi connectivity index (χ1n) is 2.43. The van der Waals surface area contributed by atoms with Crippen LogP contribution >= 0.6 is 0 Å². The molecule has 0 amide bonds. The average molecular weight is 122 g/mol. The summed E-state index contributed by atoms with van der Waals surface area (Å²) in [4.78, 5) is 0. The van der Waals surface area contributed by atoms with Crippen molar-refractivity contribution in [3.63, 3.8) is 0 Å². The second kappa shape index (κ2) is 9.99. The van der Waals surface area contributed by atoms with Gasteiger partial charge in [0.2, 0.25) is 0 Å². The average Bonchev–Trinajstić information content (AvgIpc) is 1.65. The summed E-state index contributed by atoms with van der Waals surface area (Å²) in [5, 5.41) is 15.7. The van der Waals surface area contributed by atoms with Gasteiger partial charge in [-0.2, -0.15) is 0 Å². The third kappa shape index (κ3) is 181. The maximum atomic E-state index is 8.06. The molecule has 0 aliphatic carbocycles. The van der Waals surface area contributed by atoms with Gasteiger partial charge in [0, 0.05) is 13.2 Å². The molecule has 3 heteroatoms. The zero-order valence-corrected chi connectivity index (χ0v) is 5.59. The maximum Gasteiger partial charge on any atom is 0.143 e. The highest BCUT2D eigenvalue weighted by atomic mass is 16.6. The lowest BCUT2D eigenvalue weighted by Crippen LogP contribution is -1.85. The van der Waals surface area contributed by atoms with Gasteiger partial charge >= 0.3 is 0 Å². The van der Waals surface area contributed by atoms with Crippen LogP contribution in [0.5, 0.6) is 0 Å². The predicted octanol–water partition coefficient (Wildman–Crippen LogP) is -0.0303. The predicted molar refractivity (Wildman–Crippen MR) is 31.4 cm³/mol. The summed E-state index contributed by atoms with van der Waals surface area (Å²) < 4.78 is 4.10. The Labute approximate surface area is 49.9 Å². The Morgan fingerprint density at radius 2 is 1.62 bits per heavy atom. The minimum atomic E-state index is -0.181. The Kier molecular flexibility index (Phi) is 13.5. The van der Waals surface area contributed by atoms with E-state index in [2.05, 4.69) is 4.74 Å². The van der Waals surface area contributed by atoms with Gasteiger partial charge in [0.15, 0.2) is 0 Å². The van der Waals surface area contributed by atoms with Gasteiger partial charge in [-0.3, -0.25) is 0 Å². The molecule has 0 radical (unpaired) electrons. The Bertz CT molecular complexity index is 24.1. The third-order valence-corrected chi connectivity index (χ3v) is 0.129. The van der Waals surface area contributed by atoms with Crippen LogP contribution in [0.25, 0.3) is 0 Å². The molecule has 0 fully saturated rings. The molecule has 0 saturated heterocycles. The number of aliphatic hydroxyl groups excluding tert-OH is 2. The first-order valence-corrected chi connectivity index (χ1v) is 2.43. The number of aliphatic hydroxyl groups is 2. The minimum Gasteiger partial charge on any atom is -0.394 e. The van der Waals surface area contributed by atoms with E-state index in [0.29, 0.717) is 0 Å². The van der Waals surface area contributed by atoms with Crippen LogP contribution in [-0.4, -0.2) is 30.2 Å². The monoisotopic (exact) mass is 122 g/mol. The lowest BCUT2D eigenvalue weighted by Gasteiger charge is -1.80. The normalized spacial score (nSPS) is 8.25. The lowest BCUT2D eigenvalue weighted by atomic mass is 10.5. The largest absolute Gasteiger partial charge is 0.394 e. The van der Waals surface area contributed by atoms with Crippen LogP contribution in [0.4, 0.5) is 0 Å². The van der Waals surface area contributed by atoms with Crippen molar-refractivity contribution >= 4 is 0 Å². The SMILES string of the molecule is CC(C)O.COCO. The molecule has 8 heavy (non-hydrogen) atoms. The van der Waals surface area contributed by atoms with Crippen molar-refractivity contribution in [1.29, 1.82) is 0 Å². The van der Waals surface area contributed by atoms with Crippen molar-refractivity contribution in [2.24, 2.45) is 0 Å². The summed E-state index contributed by atoms with van der Waals surface area (Å²) in [5.41, 5.74) is 0. The van der Waals surface area contributed by atoms with Gasteiger partial charge in [-0.1, -0.05) is 0 Å². The van der Waals surface area contributed by atoms with Gasteiger partial charge in [-0.25, -0.2) is 0 Å². The summed E-state index contributed by atoms with van der Waals surface area (Å²) >= 11 is 0. The van der Waals surface area contributed by atoms with Crippen LogP contribution in [0.15, 0.2) is 0 Å². The minimum absolute atomic E-state index is 0.167. The number of hydrogen-bond donors (Lipinski definition) is 2. The molecule has 0 rings (SSSR count). The van der Waals surface area contributed by atoms with E-state index in [9.17, 15) is 0 Å². The lowest BCUT2D eigenvalue weighted by molar-refractivity contribution is 0.0325. The van der Waals surface area contributed by atoms with Crippen LogP contribution in [0, 0.1) is 0 Å². The quantitative estimate of drug-likeness (QED) is 0.480. The Balaban J connectivity index is 0. The van der Waals surface area contributed by atoms with Gasteiger partial charge in [0.1, 0.15) is 6.79 Å². The second-order valence-electron chi connectivity index (χ2n) is 1.51. The van der Waals surface area contributed by atoms with E-state index in [0.717, 1.165) is 0 Å². The van der Waals surface area contributed by atoms with Crippen molar-refractivity contribution in [2.75, 3.05) is 13.9 Å². The topological polar surface area (TPSA) is 49.7 Å². The Morgan fingerprint density at radius 3 is 1.62 bits per heavy atom. The van der Waals surface area contributed by atoms with E-state index in [1.54, 1.807) is 13.8 Å². The number of rotatable bonds is 1. The first kappa shape index (κ1) is 10.8. The number of hydrogen-bond acceptors (Lipinski definition) is 3. The van der Waals surface area contributed by atoms with E-state index < -0.39 is 0 Å². The summed E-state index contributed by atoms with van der Waals surface area (Å²) in [6.45, 7) is 3.26. The smallest absolute Gasteiger partial charge is 0.143 e. The number of ether oxygens (including phenoxy) is 1. The summed E-state index contributed by atoms with van der Waals surface area (Å²) in [6.07, 6.45) is -0.167. The molecule has 0 aliphatic rings. The van der Waals surface area contributed by atoms with Crippen LogP contribution < -0.4 is 0 Å². The molecular formula is C5H14O3. The highest BCUT2D eigenvalue weighted by Gasteiger charge is 1.69. The third-order valence-electron chi connectivity index (χ3n) is 0.129. The molecule has 3 nitrogen and oxygen atoms in total. The van der Waals surface area contributed by atoms with Gasteiger partial charge in [0.05, 0.1) is 0 Å². The molecule has 0 heterocycles. The van der Waals surface area contributed by atoms with Gasteiger partial charge in [-0.15, -0.1) is 0 Å². The van der Waals surface area contributed by atoms with Gasteiger partial charge in [-0.05, 0) is 13.8 Å². The number of methoxy groups -OCH3 is 1. The van der Waals surface area contributed by atoms with E-state index in [1.807, 2.05) is 0 Å². The Morgan fingerprint density at radius 1 is 1.50 bits per heavy atom. The zero-order chi connectivity index (χ0) is 6.99. The molecule has 0 saturated carbocycles. The van der Waals surface area contributed by atoms with Crippen LogP contribution in [0.3, 0.4) is 0 Å². The Hall–Kier alpha value is -0.120. The van der Waals surface area contributed by atoms with Crippen molar-refractivity contribution < 1.29 is 14.9 Å². The molecule has 52 valence electrons. The van der Waals surface area contributed by atoms with Crippen molar-refractivity contribution in [1.82, 2.24) is 0 Å². The van der Waals surface area contributed by atoms with E-state index in [1.165, 1.54) is 7.11 Å². The molecule has 0 aliphatic heterocycles. The molecule has 0 bridgehead atoms. The van der Waals surface area contributed by atoms with Crippen LogP contribution in [-0.2, 0) is 4.74 Å². The summed E-state index contributed by atoms with van der Waals surface area (Å²) in [5.74, 6) is 0. The summed E-state index contributed by atoms with van der Waals surface area (Å²) in [7, 11) is 1.43. The molecule has 2 N–H and O–H groups in total. The van der Waals surface area contributed by atoms with Gasteiger partial charge < -0.3 is 14.9 Å². The van der Waals surface area contributed by atoms with Crippen LogP contribution in [0.2, 0.25) is 0 Å². The molecule has 0 aromatic rings. The fourth-order valence-electron chi connectivity index (χ4n) is 0. The second-order valence-corrected chi connectivity index (χ2v) is 1.51. The van der Waals surface area contributed by atoms with E-state index >= 15 is 0 Å². The van der Waals surface area contributed by atoms with E-state index in [4.69, 9.17) is 10.2 Å². The molecule has 0 atom stereocenters. The highest BCUT2D eigenvalue weighted by Crippen LogP contribution is 1.65. The standard InChI is InChI=1S/C3H8O.C2H6O2/c1-3(2)4;1-4-2-3/h3-4H,1-2H3;3H,2H2,1H3. The molecule has 0 spiro atoms. The fraction of sp³-hybridized carbons (Fsp3) is 1.00. The molecule has 0 aromatic heterocycles. The van der Waals surface area contributed by atoms with Crippen molar-refractivity contribution in [3.05, 3.63) is 0 Å². The molecule has 0 aromatic carbocycles. The zero-order valence-electron chi connectivity index (χ0n) is 5.59. The maximum absolute atomic E-state index is 8.06. The first-order chi connectivity index (χ1) is 3.65. The highest BCUT2D eigenvalue weighted by molar-refractivity contribution is 4.20. The molecule has 0 unspecified atom stereocenters. The van der Waals surface area contributed by atoms with Gasteiger partial charge in [0.25, 0.3) is 0 Å². The molecular weight excluding hydrogens is 108 g/mol. The van der Waals surface area contributed by atoms with Crippen molar-refractivity contribution in [3.8, 4) is 0 Å². The van der Waals surface area contributed by atoms with Crippen LogP contribution in [0.1, 0.15) is 13.8 Å². The fourth-order valence-corrected chi connectivity index (χ4v) is 0. The van der Waals surface area contributed by atoms with Crippen molar-refractivity contribution in [2.45, 2.75) is 20.0 Å².